The number of aryl methyl sites for hydroxylation is 1. The summed E-state index contributed by atoms with van der Waals surface area (Å²) in [6.07, 6.45) is 0. The molecule has 2 aromatic rings. The summed E-state index contributed by atoms with van der Waals surface area (Å²) in [7, 11) is 1.58. The van der Waals surface area contributed by atoms with Crippen LogP contribution in [-0.2, 0) is 11.3 Å². The summed E-state index contributed by atoms with van der Waals surface area (Å²) >= 11 is 0. The monoisotopic (exact) mass is 355 g/mol. The molecule has 1 aliphatic heterocycles. The first-order valence-electron chi connectivity index (χ1n) is 8.76. The van der Waals surface area contributed by atoms with Gasteiger partial charge in [-0.15, -0.1) is 0 Å². The topological polar surface area (TPSA) is 62.8 Å². The highest BCUT2D eigenvalue weighted by atomic mass is 16.5. The number of methoxy groups -OCH3 is 1. The zero-order valence-electron chi connectivity index (χ0n) is 15.2. The molecule has 6 heteroatoms. The van der Waals surface area contributed by atoms with E-state index < -0.39 is 0 Å². The van der Waals surface area contributed by atoms with Crippen molar-refractivity contribution in [3.63, 3.8) is 0 Å². The number of amides is 2. The van der Waals surface area contributed by atoms with Gasteiger partial charge in [0.1, 0.15) is 5.75 Å². The third-order valence-corrected chi connectivity index (χ3v) is 4.32. The molecule has 26 heavy (non-hydrogen) atoms. The number of nitrogens with one attached hydrogen (secondary N) is 2. The van der Waals surface area contributed by atoms with Crippen molar-refractivity contribution in [3.8, 4) is 5.75 Å². The molecule has 0 aliphatic carbocycles. The van der Waals surface area contributed by atoms with Gasteiger partial charge in [0.05, 0.1) is 26.0 Å². The van der Waals surface area contributed by atoms with Gasteiger partial charge in [0.2, 0.25) is 0 Å². The molecule has 2 amide bonds. The third kappa shape index (κ3) is 4.97. The largest absolute Gasteiger partial charge is 0.495 e. The van der Waals surface area contributed by atoms with Crippen LogP contribution in [0.4, 0.5) is 16.2 Å². The highest BCUT2D eigenvalue weighted by molar-refractivity contribution is 6.00. The Hall–Kier alpha value is -2.57. The predicted octanol–water partition coefficient (Wildman–Crippen LogP) is 3.48. The normalized spacial score (nSPS) is 14.7. The van der Waals surface area contributed by atoms with Crippen molar-refractivity contribution in [3.05, 3.63) is 53.6 Å². The van der Waals surface area contributed by atoms with Gasteiger partial charge in [-0.2, -0.15) is 0 Å². The van der Waals surface area contributed by atoms with Crippen molar-refractivity contribution < 1.29 is 14.3 Å². The number of carbonyl (C=O) groups excluding carboxylic acids is 1. The van der Waals surface area contributed by atoms with Gasteiger partial charge in [0, 0.05) is 25.3 Å². The molecule has 0 unspecified atom stereocenters. The van der Waals surface area contributed by atoms with E-state index in [0.29, 0.717) is 11.4 Å². The summed E-state index contributed by atoms with van der Waals surface area (Å²) in [6, 6.07) is 13.3. The first-order valence-corrected chi connectivity index (χ1v) is 8.76. The number of benzene rings is 2. The molecule has 1 aliphatic rings. The van der Waals surface area contributed by atoms with Crippen molar-refractivity contribution in [1.29, 1.82) is 0 Å². The molecular weight excluding hydrogens is 330 g/mol. The lowest BCUT2D eigenvalue weighted by Crippen LogP contribution is -2.35. The van der Waals surface area contributed by atoms with Crippen LogP contribution in [-0.4, -0.2) is 44.3 Å². The lowest BCUT2D eigenvalue weighted by atomic mass is 10.2. The van der Waals surface area contributed by atoms with E-state index in [1.54, 1.807) is 7.11 Å². The minimum absolute atomic E-state index is 0.296. The molecule has 1 saturated heterocycles. The third-order valence-electron chi connectivity index (χ3n) is 4.32. The number of morpholine rings is 1. The Balaban J connectivity index is 1.56. The van der Waals surface area contributed by atoms with Crippen LogP contribution in [0.25, 0.3) is 0 Å². The van der Waals surface area contributed by atoms with Crippen LogP contribution in [0.1, 0.15) is 11.1 Å². The highest BCUT2D eigenvalue weighted by Crippen LogP contribution is 2.25. The number of carbonyl (C=O) groups is 1. The number of hydrogen-bond acceptors (Lipinski definition) is 4. The molecule has 138 valence electrons. The zero-order chi connectivity index (χ0) is 18.4. The van der Waals surface area contributed by atoms with E-state index in [1.165, 1.54) is 5.56 Å². The van der Waals surface area contributed by atoms with Crippen LogP contribution in [0.3, 0.4) is 0 Å². The average Bonchev–Trinajstić information content (AvgIpc) is 2.64. The average molecular weight is 355 g/mol. The Kier molecular flexibility index (Phi) is 6.09. The fraction of sp³-hybridized carbons (Fsp3) is 0.350. The lowest BCUT2D eigenvalue weighted by Gasteiger charge is -2.26. The molecular formula is C20H25N3O3. The second-order valence-electron chi connectivity index (χ2n) is 6.37. The number of anilines is 2. The number of ether oxygens (including phenoxy) is 2. The van der Waals surface area contributed by atoms with Gasteiger partial charge < -0.3 is 20.1 Å². The summed E-state index contributed by atoms with van der Waals surface area (Å²) < 4.78 is 10.7. The van der Waals surface area contributed by atoms with Crippen molar-refractivity contribution in [2.75, 3.05) is 44.0 Å². The summed E-state index contributed by atoms with van der Waals surface area (Å²) in [5, 5.41) is 5.69. The van der Waals surface area contributed by atoms with Crippen LogP contribution in [0, 0.1) is 6.92 Å². The molecule has 2 N–H and O–H groups in total. The number of hydrogen-bond donors (Lipinski definition) is 2. The Labute approximate surface area is 154 Å². The standard InChI is InChI=1S/C20H25N3O3/c1-15-3-8-19(25-2)18(13-15)22-20(24)21-17-6-4-16(5-7-17)14-23-9-11-26-12-10-23/h3-8,13H,9-12,14H2,1-2H3,(H2,21,22,24). The summed E-state index contributed by atoms with van der Waals surface area (Å²) in [6.45, 7) is 6.37. The maximum absolute atomic E-state index is 12.3. The Morgan fingerprint density at radius 1 is 1.12 bits per heavy atom. The van der Waals surface area contributed by atoms with Gasteiger partial charge in [-0.3, -0.25) is 4.90 Å². The summed E-state index contributed by atoms with van der Waals surface area (Å²) in [4.78, 5) is 14.6. The molecule has 1 heterocycles. The van der Waals surface area contributed by atoms with E-state index in [2.05, 4.69) is 15.5 Å². The van der Waals surface area contributed by atoms with Crippen LogP contribution >= 0.6 is 0 Å². The molecule has 0 spiro atoms. The smallest absolute Gasteiger partial charge is 0.323 e. The van der Waals surface area contributed by atoms with Crippen molar-refractivity contribution in [2.24, 2.45) is 0 Å². The van der Waals surface area contributed by atoms with Gasteiger partial charge in [-0.1, -0.05) is 18.2 Å². The van der Waals surface area contributed by atoms with Crippen molar-refractivity contribution in [2.45, 2.75) is 13.5 Å². The quantitative estimate of drug-likeness (QED) is 0.862. The minimum Gasteiger partial charge on any atom is -0.495 e. The molecule has 1 fully saturated rings. The molecule has 2 aromatic carbocycles. The highest BCUT2D eigenvalue weighted by Gasteiger charge is 2.11. The van der Waals surface area contributed by atoms with E-state index in [0.717, 1.165) is 44.1 Å². The van der Waals surface area contributed by atoms with E-state index >= 15 is 0 Å². The Bertz CT molecular complexity index is 740. The van der Waals surface area contributed by atoms with E-state index in [-0.39, 0.29) is 6.03 Å². The van der Waals surface area contributed by atoms with Gasteiger partial charge in [-0.05, 0) is 42.3 Å². The fourth-order valence-corrected chi connectivity index (χ4v) is 2.92. The first kappa shape index (κ1) is 18.2. The number of urea groups is 1. The van der Waals surface area contributed by atoms with Crippen LogP contribution in [0.2, 0.25) is 0 Å². The second kappa shape index (κ2) is 8.69. The molecule has 3 rings (SSSR count). The maximum Gasteiger partial charge on any atom is 0.323 e. The number of rotatable bonds is 5. The molecule has 0 aromatic heterocycles. The number of nitrogens with zero attached hydrogens (tertiary/aromatic N) is 1. The van der Waals surface area contributed by atoms with Crippen molar-refractivity contribution >= 4 is 17.4 Å². The maximum atomic E-state index is 12.3. The van der Waals surface area contributed by atoms with E-state index in [1.807, 2.05) is 49.4 Å². The van der Waals surface area contributed by atoms with E-state index in [9.17, 15) is 4.79 Å². The lowest BCUT2D eigenvalue weighted by molar-refractivity contribution is 0.0342. The van der Waals surface area contributed by atoms with Crippen LogP contribution in [0.15, 0.2) is 42.5 Å². The molecule has 6 nitrogen and oxygen atoms in total. The van der Waals surface area contributed by atoms with Gasteiger partial charge >= 0.3 is 6.03 Å². The summed E-state index contributed by atoms with van der Waals surface area (Å²) in [5.41, 5.74) is 3.67. The SMILES string of the molecule is COc1ccc(C)cc1NC(=O)Nc1ccc(CN2CCOCC2)cc1. The van der Waals surface area contributed by atoms with Crippen molar-refractivity contribution in [1.82, 2.24) is 4.90 Å². The van der Waals surface area contributed by atoms with Crippen LogP contribution in [0.5, 0.6) is 5.75 Å². The zero-order valence-corrected chi connectivity index (χ0v) is 15.2. The fourth-order valence-electron chi connectivity index (χ4n) is 2.92. The molecule has 0 bridgehead atoms. The Morgan fingerprint density at radius 2 is 1.85 bits per heavy atom. The first-order chi connectivity index (χ1) is 12.6. The molecule has 0 atom stereocenters. The summed E-state index contributed by atoms with van der Waals surface area (Å²) in [5.74, 6) is 0.631. The van der Waals surface area contributed by atoms with Gasteiger partial charge in [-0.25, -0.2) is 4.79 Å². The van der Waals surface area contributed by atoms with Gasteiger partial charge in [0.15, 0.2) is 0 Å². The predicted molar refractivity (Wildman–Crippen MR) is 103 cm³/mol. The molecule has 0 radical (unpaired) electrons. The van der Waals surface area contributed by atoms with Crippen LogP contribution < -0.4 is 15.4 Å². The minimum atomic E-state index is -0.296. The van der Waals surface area contributed by atoms with Gasteiger partial charge in [0.25, 0.3) is 0 Å². The second-order valence-corrected chi connectivity index (χ2v) is 6.37. The van der Waals surface area contributed by atoms with E-state index in [4.69, 9.17) is 9.47 Å². The molecule has 0 saturated carbocycles. The Morgan fingerprint density at radius 3 is 2.54 bits per heavy atom.